The van der Waals surface area contributed by atoms with Crippen LogP contribution < -0.4 is 9.80 Å². The molecule has 2 nitrogen and oxygen atoms in total. The summed E-state index contributed by atoms with van der Waals surface area (Å²) in [6.45, 7) is 0. The summed E-state index contributed by atoms with van der Waals surface area (Å²) in [5.41, 5.74) is 13.1. The smallest absolute Gasteiger partial charge is 0.0727 e. The molecule has 1 spiro atoms. The highest BCUT2D eigenvalue weighted by molar-refractivity contribution is 5.96. The highest BCUT2D eigenvalue weighted by atomic mass is 15.1. The van der Waals surface area contributed by atoms with Crippen molar-refractivity contribution in [3.8, 4) is 22.3 Å². The summed E-state index contributed by atoms with van der Waals surface area (Å²) in [6.07, 6.45) is 0. The van der Waals surface area contributed by atoms with E-state index in [4.69, 9.17) is 0 Å². The molecule has 0 bridgehead atoms. The van der Waals surface area contributed by atoms with E-state index in [0.717, 1.165) is 0 Å². The van der Waals surface area contributed by atoms with Gasteiger partial charge in [0.25, 0.3) is 0 Å². The Morgan fingerprint density at radius 1 is 0.452 bits per heavy atom. The van der Waals surface area contributed by atoms with Crippen molar-refractivity contribution >= 4 is 11.4 Å². The molecule has 0 saturated carbocycles. The van der Waals surface area contributed by atoms with Crippen molar-refractivity contribution in [2.45, 2.75) is 5.41 Å². The number of hydrogen-bond acceptors (Lipinski definition) is 2. The minimum absolute atomic E-state index is 0.282. The second-order valence-electron chi connectivity index (χ2n) is 9.09. The van der Waals surface area contributed by atoms with Crippen molar-refractivity contribution in [2.24, 2.45) is 0 Å². The first-order valence-corrected chi connectivity index (χ1v) is 10.9. The van der Waals surface area contributed by atoms with Gasteiger partial charge in [0, 0.05) is 39.6 Å². The Hall–Kier alpha value is -3.52. The zero-order valence-electron chi connectivity index (χ0n) is 18.5. The summed E-state index contributed by atoms with van der Waals surface area (Å²) < 4.78 is 0. The number of hydrogen-bond donors (Lipinski definition) is 0. The van der Waals surface area contributed by atoms with Gasteiger partial charge in [0.2, 0.25) is 0 Å². The largest absolute Gasteiger partial charge is 0.378 e. The van der Waals surface area contributed by atoms with Crippen molar-refractivity contribution in [1.29, 1.82) is 0 Å². The summed E-state index contributed by atoms with van der Waals surface area (Å²) in [4.78, 5) is 4.41. The molecule has 0 saturated heterocycles. The van der Waals surface area contributed by atoms with E-state index < -0.39 is 0 Å². The molecular weight excluding hydrogens is 376 g/mol. The molecule has 4 aromatic rings. The molecule has 2 heteroatoms. The van der Waals surface area contributed by atoms with Crippen LogP contribution in [-0.2, 0) is 5.41 Å². The highest BCUT2D eigenvalue weighted by Gasteiger charge is 2.51. The zero-order chi connectivity index (χ0) is 21.3. The Kier molecular flexibility index (Phi) is 3.68. The summed E-state index contributed by atoms with van der Waals surface area (Å²) in [5.74, 6) is 0. The number of benzene rings is 4. The monoisotopic (exact) mass is 402 g/mol. The molecule has 0 fully saturated rings. The zero-order valence-corrected chi connectivity index (χ0v) is 18.5. The third-order valence-electron chi connectivity index (χ3n) is 7.09. The summed E-state index contributed by atoms with van der Waals surface area (Å²) in [5, 5.41) is 0. The lowest BCUT2D eigenvalue weighted by molar-refractivity contribution is 0.792. The van der Waals surface area contributed by atoms with Crippen LogP contribution in [0.4, 0.5) is 11.4 Å². The number of fused-ring (bicyclic) bond motifs is 10. The fourth-order valence-electron chi connectivity index (χ4n) is 5.67. The Morgan fingerprint density at radius 3 is 1.26 bits per heavy atom. The van der Waals surface area contributed by atoms with E-state index in [-0.39, 0.29) is 5.41 Å². The van der Waals surface area contributed by atoms with Crippen LogP contribution in [0.2, 0.25) is 0 Å². The Morgan fingerprint density at radius 2 is 0.839 bits per heavy atom. The molecule has 0 unspecified atom stereocenters. The van der Waals surface area contributed by atoms with Gasteiger partial charge in [-0.3, -0.25) is 0 Å². The van der Waals surface area contributed by atoms with E-state index in [1.54, 1.807) is 0 Å². The Labute approximate surface area is 184 Å². The van der Waals surface area contributed by atoms with Gasteiger partial charge < -0.3 is 9.80 Å². The van der Waals surface area contributed by atoms with Gasteiger partial charge in [0.1, 0.15) is 0 Å². The molecule has 0 radical (unpaired) electrons. The average molecular weight is 403 g/mol. The maximum absolute atomic E-state index is 2.41. The summed E-state index contributed by atoms with van der Waals surface area (Å²) >= 11 is 0. The maximum atomic E-state index is 2.41. The van der Waals surface area contributed by atoms with Gasteiger partial charge in [-0.25, -0.2) is 0 Å². The number of nitrogens with zero attached hydrogens (tertiary/aromatic N) is 2. The van der Waals surface area contributed by atoms with Gasteiger partial charge in [-0.05, 0) is 68.8 Å². The molecule has 6 rings (SSSR count). The van der Waals surface area contributed by atoms with Gasteiger partial charge >= 0.3 is 0 Å². The molecule has 0 amide bonds. The predicted octanol–water partition coefficient (Wildman–Crippen LogP) is 6.16. The summed E-state index contributed by atoms with van der Waals surface area (Å²) in [6, 6.07) is 31.9. The minimum Gasteiger partial charge on any atom is -0.378 e. The van der Waals surface area contributed by atoms with Gasteiger partial charge in [0.15, 0.2) is 0 Å². The Bertz CT molecular complexity index is 1240. The maximum Gasteiger partial charge on any atom is 0.0727 e. The fraction of sp³-hybridized carbons (Fsp3) is 0.172. The first-order chi connectivity index (χ1) is 15.0. The second kappa shape index (κ2) is 6.24. The fourth-order valence-corrected chi connectivity index (χ4v) is 5.67. The second-order valence-corrected chi connectivity index (χ2v) is 9.09. The molecular formula is C29H26N2. The van der Waals surface area contributed by atoms with Gasteiger partial charge in [-0.2, -0.15) is 0 Å². The molecule has 31 heavy (non-hydrogen) atoms. The molecule has 0 N–H and O–H groups in total. The van der Waals surface area contributed by atoms with Gasteiger partial charge in [-0.15, -0.1) is 0 Å². The first kappa shape index (κ1) is 18.3. The molecule has 2 aliphatic rings. The lowest BCUT2D eigenvalue weighted by atomic mass is 9.70. The van der Waals surface area contributed by atoms with Gasteiger partial charge in [-0.1, -0.05) is 60.7 Å². The van der Waals surface area contributed by atoms with Crippen molar-refractivity contribution in [3.63, 3.8) is 0 Å². The summed E-state index contributed by atoms with van der Waals surface area (Å²) in [7, 11) is 8.49. The van der Waals surface area contributed by atoms with Crippen LogP contribution in [0.5, 0.6) is 0 Å². The number of rotatable bonds is 2. The Balaban J connectivity index is 1.81. The van der Waals surface area contributed by atoms with Crippen LogP contribution in [0.3, 0.4) is 0 Å². The van der Waals surface area contributed by atoms with Crippen LogP contribution in [0.15, 0.2) is 84.9 Å². The van der Waals surface area contributed by atoms with E-state index in [1.807, 2.05) is 0 Å². The number of anilines is 2. The van der Waals surface area contributed by atoms with Gasteiger partial charge in [0.05, 0.1) is 5.41 Å². The average Bonchev–Trinajstić information content (AvgIpc) is 3.25. The SMILES string of the molecule is CN(C)c1ccc2c(c1)C1(c3ccccc3-2)c2ccccc2-c2ccc(N(C)C)cc21. The van der Waals surface area contributed by atoms with Crippen LogP contribution in [0.1, 0.15) is 22.3 Å². The molecule has 2 aliphatic carbocycles. The van der Waals surface area contributed by atoms with E-state index in [0.29, 0.717) is 0 Å². The van der Waals surface area contributed by atoms with E-state index in [9.17, 15) is 0 Å². The van der Waals surface area contributed by atoms with E-state index in [2.05, 4.69) is 123 Å². The van der Waals surface area contributed by atoms with Crippen molar-refractivity contribution in [3.05, 3.63) is 107 Å². The van der Waals surface area contributed by atoms with Crippen LogP contribution in [-0.4, -0.2) is 28.2 Å². The molecule has 152 valence electrons. The molecule has 0 aliphatic heterocycles. The first-order valence-electron chi connectivity index (χ1n) is 10.9. The molecule has 4 aromatic carbocycles. The third-order valence-corrected chi connectivity index (χ3v) is 7.09. The molecule has 0 aromatic heterocycles. The van der Waals surface area contributed by atoms with Crippen LogP contribution in [0.25, 0.3) is 22.3 Å². The quantitative estimate of drug-likeness (QED) is 0.342. The van der Waals surface area contributed by atoms with Crippen molar-refractivity contribution in [2.75, 3.05) is 38.0 Å². The van der Waals surface area contributed by atoms with Crippen molar-refractivity contribution in [1.82, 2.24) is 0 Å². The highest BCUT2D eigenvalue weighted by Crippen LogP contribution is 2.63. The third kappa shape index (κ3) is 2.22. The molecule has 0 heterocycles. The van der Waals surface area contributed by atoms with Crippen LogP contribution >= 0.6 is 0 Å². The minimum atomic E-state index is -0.282. The lowest BCUT2D eigenvalue weighted by Gasteiger charge is -2.31. The van der Waals surface area contributed by atoms with Crippen LogP contribution in [0, 0.1) is 0 Å². The van der Waals surface area contributed by atoms with E-state index >= 15 is 0 Å². The van der Waals surface area contributed by atoms with E-state index in [1.165, 1.54) is 55.9 Å². The predicted molar refractivity (Wildman–Crippen MR) is 131 cm³/mol. The standard InChI is InChI=1S/C29H26N2/c1-30(2)19-13-15-23-21-9-5-7-11-25(21)29(27(23)17-19)26-12-8-6-10-22(26)24-16-14-20(31(3)4)18-28(24)29/h5-18H,1-4H3. The topological polar surface area (TPSA) is 6.48 Å². The van der Waals surface area contributed by atoms with Crippen molar-refractivity contribution < 1.29 is 0 Å². The lowest BCUT2D eigenvalue weighted by Crippen LogP contribution is -2.26. The normalized spacial score (nSPS) is 14.1. The molecule has 0 atom stereocenters.